The van der Waals surface area contributed by atoms with E-state index in [0.717, 1.165) is 38.6 Å². The lowest BCUT2D eigenvalue weighted by Gasteiger charge is -2.39. The molecule has 2 aliphatic heterocycles. The molecule has 3 fully saturated rings. The number of amides is 1. The summed E-state index contributed by atoms with van der Waals surface area (Å²) in [5, 5.41) is 0. The van der Waals surface area contributed by atoms with Crippen molar-refractivity contribution in [3.63, 3.8) is 0 Å². The zero-order valence-corrected chi connectivity index (χ0v) is 13.8. The molecule has 23 heavy (non-hydrogen) atoms. The highest BCUT2D eigenvalue weighted by Crippen LogP contribution is 2.43. The second-order valence-electron chi connectivity index (χ2n) is 7.47. The van der Waals surface area contributed by atoms with Crippen LogP contribution in [0.3, 0.4) is 0 Å². The van der Waals surface area contributed by atoms with Crippen molar-refractivity contribution >= 4 is 5.91 Å². The van der Waals surface area contributed by atoms with Crippen molar-refractivity contribution in [2.24, 2.45) is 11.8 Å². The number of nitrogens with zero attached hydrogens (tertiary/aromatic N) is 2. The Bertz CT molecular complexity index is 440. The third-order valence-corrected chi connectivity index (χ3v) is 6.11. The van der Waals surface area contributed by atoms with Gasteiger partial charge in [0.2, 0.25) is 5.91 Å². The summed E-state index contributed by atoms with van der Waals surface area (Å²) in [6, 6.07) is 0.445. The molecular formula is C17H27F3N2O. The molecule has 0 aromatic heterocycles. The molecule has 2 heterocycles. The minimum atomic E-state index is -4.25. The summed E-state index contributed by atoms with van der Waals surface area (Å²) < 4.78 is 40.0. The second-order valence-corrected chi connectivity index (χ2v) is 7.47. The second kappa shape index (κ2) is 6.61. The van der Waals surface area contributed by atoms with E-state index in [1.165, 1.54) is 0 Å². The number of rotatable bonds is 2. The van der Waals surface area contributed by atoms with Gasteiger partial charge in [-0.1, -0.05) is 12.8 Å². The third kappa shape index (κ3) is 3.37. The molecule has 3 nitrogen and oxygen atoms in total. The Morgan fingerprint density at radius 1 is 0.913 bits per heavy atom. The Morgan fingerprint density at radius 2 is 1.57 bits per heavy atom. The maximum Gasteiger partial charge on any atom is 0.392 e. The molecule has 1 aliphatic carbocycles. The zero-order chi connectivity index (χ0) is 16.6. The van der Waals surface area contributed by atoms with E-state index in [1.807, 2.05) is 0 Å². The smallest absolute Gasteiger partial charge is 0.338 e. The molecule has 1 saturated carbocycles. The molecule has 6 heteroatoms. The van der Waals surface area contributed by atoms with Gasteiger partial charge >= 0.3 is 6.18 Å². The van der Waals surface area contributed by atoms with Gasteiger partial charge in [0.05, 0.1) is 5.92 Å². The Morgan fingerprint density at radius 3 is 2.22 bits per heavy atom. The van der Waals surface area contributed by atoms with Crippen LogP contribution in [0.2, 0.25) is 0 Å². The number of carbonyl (C=O) groups excluding carboxylic acids is 1. The molecule has 132 valence electrons. The highest BCUT2D eigenvalue weighted by molar-refractivity contribution is 5.80. The summed E-state index contributed by atoms with van der Waals surface area (Å²) in [5.74, 6) is -2.52. The van der Waals surface area contributed by atoms with Gasteiger partial charge in [-0.15, -0.1) is 0 Å². The van der Waals surface area contributed by atoms with Crippen LogP contribution in [0.4, 0.5) is 13.2 Å². The van der Waals surface area contributed by atoms with Crippen molar-refractivity contribution in [3.05, 3.63) is 0 Å². The summed E-state index contributed by atoms with van der Waals surface area (Å²) >= 11 is 0. The number of hydrogen-bond donors (Lipinski definition) is 0. The molecule has 0 radical (unpaired) electrons. The van der Waals surface area contributed by atoms with Crippen LogP contribution in [0.1, 0.15) is 51.4 Å². The van der Waals surface area contributed by atoms with Crippen molar-refractivity contribution in [2.45, 2.75) is 69.6 Å². The lowest BCUT2D eigenvalue weighted by Crippen LogP contribution is -2.51. The molecule has 0 spiro atoms. The molecule has 0 unspecified atom stereocenters. The lowest BCUT2D eigenvalue weighted by atomic mass is 9.77. The van der Waals surface area contributed by atoms with Gasteiger partial charge in [0.15, 0.2) is 0 Å². The minimum Gasteiger partial charge on any atom is -0.338 e. The van der Waals surface area contributed by atoms with Crippen LogP contribution in [0, 0.1) is 11.8 Å². The van der Waals surface area contributed by atoms with Crippen LogP contribution in [0.25, 0.3) is 0 Å². The van der Waals surface area contributed by atoms with Crippen molar-refractivity contribution in [2.75, 3.05) is 20.1 Å². The van der Waals surface area contributed by atoms with Crippen LogP contribution in [-0.2, 0) is 4.79 Å². The first-order valence-corrected chi connectivity index (χ1v) is 8.97. The van der Waals surface area contributed by atoms with Gasteiger partial charge in [0.25, 0.3) is 0 Å². The van der Waals surface area contributed by atoms with E-state index in [2.05, 4.69) is 11.9 Å². The van der Waals surface area contributed by atoms with Crippen LogP contribution in [0.15, 0.2) is 0 Å². The monoisotopic (exact) mass is 332 g/mol. The SMILES string of the molecule is CN1CCC[C@@H]1[C@@H]1CCCN1C(=O)[C@H]1CCCC[C@H]1C(F)(F)F. The first kappa shape index (κ1) is 17.1. The van der Waals surface area contributed by atoms with E-state index in [9.17, 15) is 18.0 Å². The fourth-order valence-corrected chi connectivity index (χ4v) is 4.92. The highest BCUT2D eigenvalue weighted by atomic mass is 19.4. The average Bonchev–Trinajstić information content (AvgIpc) is 3.13. The summed E-state index contributed by atoms with van der Waals surface area (Å²) in [6.07, 6.45) is 1.61. The normalized spacial score (nSPS) is 36.6. The van der Waals surface area contributed by atoms with Crippen molar-refractivity contribution in [1.29, 1.82) is 0 Å². The fraction of sp³-hybridized carbons (Fsp3) is 0.941. The number of hydrogen-bond acceptors (Lipinski definition) is 2. The molecule has 1 amide bonds. The van der Waals surface area contributed by atoms with Gasteiger partial charge in [-0.2, -0.15) is 13.2 Å². The zero-order valence-electron chi connectivity index (χ0n) is 13.8. The van der Waals surface area contributed by atoms with Gasteiger partial charge < -0.3 is 9.80 Å². The standard InChI is InChI=1S/C17H27F3N2O/c1-21-10-4-8-14(21)15-9-5-11-22(15)16(23)12-6-2-3-7-13(12)17(18,19)20/h12-15H,2-11H2,1H3/t12-,13+,14+,15-/m0/s1. The van der Waals surface area contributed by atoms with Gasteiger partial charge in [0.1, 0.15) is 0 Å². The quantitative estimate of drug-likeness (QED) is 0.773. The summed E-state index contributed by atoms with van der Waals surface area (Å²) in [7, 11) is 2.07. The molecule has 0 aromatic carbocycles. The Hall–Kier alpha value is -0.780. The van der Waals surface area contributed by atoms with Gasteiger partial charge in [0, 0.05) is 24.5 Å². The summed E-state index contributed by atoms with van der Waals surface area (Å²) in [4.78, 5) is 17.0. The minimum absolute atomic E-state index is 0.113. The molecule has 4 atom stereocenters. The first-order valence-electron chi connectivity index (χ1n) is 8.97. The number of likely N-dealkylation sites (tertiary alicyclic amines) is 2. The van der Waals surface area contributed by atoms with E-state index in [-0.39, 0.29) is 18.4 Å². The molecule has 0 bridgehead atoms. The number of likely N-dealkylation sites (N-methyl/N-ethyl adjacent to an activating group) is 1. The molecule has 0 aromatic rings. The van der Waals surface area contributed by atoms with E-state index in [4.69, 9.17) is 0 Å². The lowest BCUT2D eigenvalue weighted by molar-refractivity contribution is -0.201. The van der Waals surface area contributed by atoms with E-state index < -0.39 is 18.0 Å². The van der Waals surface area contributed by atoms with Crippen LogP contribution >= 0.6 is 0 Å². The van der Waals surface area contributed by atoms with Gasteiger partial charge in [-0.3, -0.25) is 4.79 Å². The van der Waals surface area contributed by atoms with Crippen LogP contribution in [-0.4, -0.2) is 54.1 Å². The Balaban J connectivity index is 1.75. The van der Waals surface area contributed by atoms with E-state index in [0.29, 0.717) is 25.4 Å². The van der Waals surface area contributed by atoms with Crippen LogP contribution in [0.5, 0.6) is 0 Å². The van der Waals surface area contributed by atoms with Crippen molar-refractivity contribution in [1.82, 2.24) is 9.80 Å². The molecule has 3 aliphatic rings. The van der Waals surface area contributed by atoms with E-state index in [1.54, 1.807) is 4.90 Å². The predicted octanol–water partition coefficient (Wildman–Crippen LogP) is 3.44. The first-order chi connectivity index (χ1) is 10.9. The Kier molecular flexibility index (Phi) is 4.90. The van der Waals surface area contributed by atoms with Gasteiger partial charge in [-0.25, -0.2) is 0 Å². The molecular weight excluding hydrogens is 305 g/mol. The maximum absolute atomic E-state index is 13.3. The molecule has 3 rings (SSSR count). The fourth-order valence-electron chi connectivity index (χ4n) is 4.92. The summed E-state index contributed by atoms with van der Waals surface area (Å²) in [5.41, 5.74) is 0. The van der Waals surface area contributed by atoms with Crippen molar-refractivity contribution < 1.29 is 18.0 Å². The predicted molar refractivity (Wildman–Crippen MR) is 81.9 cm³/mol. The number of alkyl halides is 3. The number of carbonyl (C=O) groups is 1. The molecule has 2 saturated heterocycles. The maximum atomic E-state index is 13.3. The summed E-state index contributed by atoms with van der Waals surface area (Å²) in [6.45, 7) is 1.66. The third-order valence-electron chi connectivity index (χ3n) is 6.11. The van der Waals surface area contributed by atoms with E-state index >= 15 is 0 Å². The van der Waals surface area contributed by atoms with Crippen molar-refractivity contribution in [3.8, 4) is 0 Å². The average molecular weight is 332 g/mol. The topological polar surface area (TPSA) is 23.6 Å². The van der Waals surface area contributed by atoms with Gasteiger partial charge in [-0.05, 0) is 52.1 Å². The number of halogens is 3. The molecule has 0 N–H and O–H groups in total. The largest absolute Gasteiger partial charge is 0.392 e. The van der Waals surface area contributed by atoms with Crippen LogP contribution < -0.4 is 0 Å². The Labute approximate surface area is 136 Å². The highest BCUT2D eigenvalue weighted by Gasteiger charge is 2.50.